The summed E-state index contributed by atoms with van der Waals surface area (Å²) in [4.78, 5) is 22.6. The van der Waals surface area contributed by atoms with Gasteiger partial charge in [-0.15, -0.1) is 0 Å². The molecule has 0 aromatic carbocycles. The Labute approximate surface area is 129 Å². The van der Waals surface area contributed by atoms with Gasteiger partial charge in [-0.2, -0.15) is 4.98 Å². The minimum Gasteiger partial charge on any atom is -0.342 e. The molecule has 0 bridgehead atoms. The van der Waals surface area contributed by atoms with Crippen molar-refractivity contribution in [3.8, 4) is 0 Å². The van der Waals surface area contributed by atoms with Crippen LogP contribution in [0.2, 0.25) is 0 Å². The number of hydrogen-bond donors (Lipinski definition) is 0. The zero-order valence-corrected chi connectivity index (χ0v) is 12.7. The van der Waals surface area contributed by atoms with Gasteiger partial charge in [0.2, 0.25) is 11.8 Å². The van der Waals surface area contributed by atoms with Crippen molar-refractivity contribution in [1.82, 2.24) is 20.0 Å². The fourth-order valence-electron chi connectivity index (χ4n) is 2.84. The van der Waals surface area contributed by atoms with Crippen LogP contribution in [0, 0.1) is 6.92 Å². The van der Waals surface area contributed by atoms with Gasteiger partial charge in [0, 0.05) is 31.9 Å². The fourth-order valence-corrected chi connectivity index (χ4v) is 2.84. The second-order valence-corrected chi connectivity index (χ2v) is 5.71. The van der Waals surface area contributed by atoms with E-state index in [9.17, 15) is 4.79 Å². The largest absolute Gasteiger partial charge is 0.342 e. The molecule has 1 aliphatic rings. The monoisotopic (exact) mass is 300 g/mol. The molecule has 22 heavy (non-hydrogen) atoms. The molecule has 1 fully saturated rings. The molecule has 0 N–H and O–H groups in total. The lowest BCUT2D eigenvalue weighted by Crippen LogP contribution is -2.39. The molecule has 1 atom stereocenters. The third-order valence-corrected chi connectivity index (χ3v) is 4.04. The van der Waals surface area contributed by atoms with Crippen molar-refractivity contribution in [1.29, 1.82) is 0 Å². The van der Waals surface area contributed by atoms with E-state index in [-0.39, 0.29) is 11.8 Å². The number of carbonyl (C=O) groups excluding carboxylic acids is 1. The van der Waals surface area contributed by atoms with Gasteiger partial charge in [-0.3, -0.25) is 9.78 Å². The number of carbonyl (C=O) groups is 1. The molecule has 3 heterocycles. The average molecular weight is 300 g/mol. The van der Waals surface area contributed by atoms with Gasteiger partial charge in [-0.1, -0.05) is 5.16 Å². The first-order valence-corrected chi connectivity index (χ1v) is 7.69. The van der Waals surface area contributed by atoms with Crippen LogP contribution in [0.15, 0.2) is 29.0 Å². The highest BCUT2D eigenvalue weighted by Crippen LogP contribution is 2.26. The van der Waals surface area contributed by atoms with Crippen LogP contribution in [0.25, 0.3) is 0 Å². The summed E-state index contributed by atoms with van der Waals surface area (Å²) in [6, 6.07) is 3.90. The normalized spacial score (nSPS) is 18.4. The smallest absolute Gasteiger partial charge is 0.231 e. The maximum atomic E-state index is 12.4. The molecule has 3 rings (SSSR count). The van der Waals surface area contributed by atoms with E-state index in [1.54, 1.807) is 12.4 Å². The van der Waals surface area contributed by atoms with Crippen molar-refractivity contribution in [2.45, 2.75) is 38.5 Å². The quantitative estimate of drug-likeness (QED) is 0.864. The van der Waals surface area contributed by atoms with Gasteiger partial charge in [0.25, 0.3) is 0 Å². The lowest BCUT2D eigenvalue weighted by molar-refractivity contribution is -0.132. The third-order valence-electron chi connectivity index (χ3n) is 4.04. The van der Waals surface area contributed by atoms with E-state index >= 15 is 0 Å². The van der Waals surface area contributed by atoms with Gasteiger partial charge in [0.1, 0.15) is 0 Å². The van der Waals surface area contributed by atoms with Gasteiger partial charge >= 0.3 is 0 Å². The maximum Gasteiger partial charge on any atom is 0.231 e. The lowest BCUT2D eigenvalue weighted by atomic mass is 9.97. The van der Waals surface area contributed by atoms with Crippen LogP contribution in [0.5, 0.6) is 0 Å². The number of amides is 1. The van der Waals surface area contributed by atoms with Crippen molar-refractivity contribution in [2.24, 2.45) is 0 Å². The van der Waals surface area contributed by atoms with Gasteiger partial charge in [0.05, 0.1) is 5.92 Å². The van der Waals surface area contributed by atoms with E-state index in [1.165, 1.54) is 0 Å². The minimum absolute atomic E-state index is 0.167. The lowest BCUT2D eigenvalue weighted by Gasteiger charge is -2.31. The Hall–Kier alpha value is -2.24. The third kappa shape index (κ3) is 3.50. The van der Waals surface area contributed by atoms with Crippen molar-refractivity contribution < 1.29 is 9.32 Å². The summed E-state index contributed by atoms with van der Waals surface area (Å²) in [7, 11) is 0. The van der Waals surface area contributed by atoms with E-state index in [4.69, 9.17) is 4.52 Å². The maximum absolute atomic E-state index is 12.4. The van der Waals surface area contributed by atoms with Crippen LogP contribution in [-0.2, 0) is 11.2 Å². The number of hydrogen-bond acceptors (Lipinski definition) is 5. The Morgan fingerprint density at radius 2 is 2.23 bits per heavy atom. The first kappa shape index (κ1) is 14.7. The average Bonchev–Trinajstić information content (AvgIpc) is 3.00. The van der Waals surface area contributed by atoms with Crippen LogP contribution in [0.1, 0.15) is 42.5 Å². The molecule has 6 heteroatoms. The van der Waals surface area contributed by atoms with Crippen LogP contribution in [0.3, 0.4) is 0 Å². The molecule has 0 aliphatic carbocycles. The second kappa shape index (κ2) is 6.68. The van der Waals surface area contributed by atoms with Gasteiger partial charge in [-0.05, 0) is 43.9 Å². The topological polar surface area (TPSA) is 72.1 Å². The summed E-state index contributed by atoms with van der Waals surface area (Å²) in [6.45, 7) is 3.31. The summed E-state index contributed by atoms with van der Waals surface area (Å²) in [5.41, 5.74) is 1.14. The first-order valence-electron chi connectivity index (χ1n) is 7.69. The van der Waals surface area contributed by atoms with E-state index in [0.717, 1.165) is 31.4 Å². The molecule has 1 aliphatic heterocycles. The van der Waals surface area contributed by atoms with Crippen LogP contribution in [0.4, 0.5) is 0 Å². The number of likely N-dealkylation sites (tertiary alicyclic amines) is 1. The molecular formula is C16H20N4O2. The summed E-state index contributed by atoms with van der Waals surface area (Å²) >= 11 is 0. The van der Waals surface area contributed by atoms with Crippen molar-refractivity contribution in [3.63, 3.8) is 0 Å². The summed E-state index contributed by atoms with van der Waals surface area (Å²) in [6.07, 6.45) is 6.77. The number of aromatic nitrogens is 3. The molecule has 0 unspecified atom stereocenters. The summed E-state index contributed by atoms with van der Waals surface area (Å²) in [5.74, 6) is 1.66. The molecule has 1 amide bonds. The van der Waals surface area contributed by atoms with Gasteiger partial charge in [-0.25, -0.2) is 0 Å². The fraction of sp³-hybridized carbons (Fsp3) is 0.500. The molecule has 2 aromatic rings. The van der Waals surface area contributed by atoms with Crippen molar-refractivity contribution >= 4 is 5.91 Å². The first-order chi connectivity index (χ1) is 10.7. The Kier molecular flexibility index (Phi) is 4.46. The Morgan fingerprint density at radius 1 is 1.41 bits per heavy atom. The highest BCUT2D eigenvalue weighted by atomic mass is 16.5. The van der Waals surface area contributed by atoms with Crippen molar-refractivity contribution in [2.75, 3.05) is 13.1 Å². The van der Waals surface area contributed by atoms with Crippen LogP contribution < -0.4 is 0 Å². The minimum atomic E-state index is 0.167. The molecule has 1 saturated heterocycles. The van der Waals surface area contributed by atoms with E-state index in [1.807, 2.05) is 24.0 Å². The summed E-state index contributed by atoms with van der Waals surface area (Å²) < 4.78 is 5.26. The predicted molar refractivity (Wildman–Crippen MR) is 80.1 cm³/mol. The van der Waals surface area contributed by atoms with E-state index < -0.39 is 0 Å². The highest BCUT2D eigenvalue weighted by molar-refractivity contribution is 5.76. The molecule has 0 spiro atoms. The number of aryl methyl sites for hydroxylation is 2. The SMILES string of the molecule is Cc1noc([C@@H]2CCCN(C(=O)CCc3ccncc3)C2)n1. The van der Waals surface area contributed by atoms with E-state index in [0.29, 0.717) is 24.7 Å². The standard InChI is InChI=1S/C16H20N4O2/c1-12-18-16(22-19-12)14-3-2-10-20(11-14)15(21)5-4-13-6-8-17-9-7-13/h6-9,14H,2-5,10-11H2,1H3/t14-/m1/s1. The molecule has 116 valence electrons. The molecule has 0 saturated carbocycles. The molecular weight excluding hydrogens is 280 g/mol. The van der Waals surface area contributed by atoms with Crippen LogP contribution in [-0.4, -0.2) is 39.0 Å². The van der Waals surface area contributed by atoms with Gasteiger partial charge < -0.3 is 9.42 Å². The van der Waals surface area contributed by atoms with E-state index in [2.05, 4.69) is 15.1 Å². The predicted octanol–water partition coefficient (Wildman–Crippen LogP) is 2.11. The van der Waals surface area contributed by atoms with Crippen molar-refractivity contribution in [3.05, 3.63) is 41.8 Å². The summed E-state index contributed by atoms with van der Waals surface area (Å²) in [5, 5.41) is 3.84. The Balaban J connectivity index is 1.56. The zero-order chi connectivity index (χ0) is 15.4. The Bertz CT molecular complexity index is 626. The van der Waals surface area contributed by atoms with Gasteiger partial charge in [0.15, 0.2) is 5.82 Å². The number of nitrogens with zero attached hydrogens (tertiary/aromatic N) is 4. The number of pyridine rings is 1. The Morgan fingerprint density at radius 3 is 2.95 bits per heavy atom. The highest BCUT2D eigenvalue weighted by Gasteiger charge is 2.27. The second-order valence-electron chi connectivity index (χ2n) is 5.71. The number of rotatable bonds is 4. The molecule has 2 aromatic heterocycles. The zero-order valence-electron chi connectivity index (χ0n) is 12.7. The molecule has 0 radical (unpaired) electrons. The number of piperidine rings is 1. The van der Waals surface area contributed by atoms with Crippen LogP contribution >= 0.6 is 0 Å². The molecule has 6 nitrogen and oxygen atoms in total.